The van der Waals surface area contributed by atoms with Crippen molar-refractivity contribution in [3.63, 3.8) is 0 Å². The molecule has 3 aliphatic rings. The van der Waals surface area contributed by atoms with Crippen LogP contribution in [0, 0.1) is 17.3 Å². The standard InChI is InChI=1S/C15H26O3/c1-13(2)8-11-10(13)4-6-14(3,17)12(16)5-7-15(11)9-18-15/h10-12,16-17H,4-9H2,1-3H3. The average Bonchev–Trinajstić information content (AvgIpc) is 3.02. The Morgan fingerprint density at radius 1 is 1.06 bits per heavy atom. The van der Waals surface area contributed by atoms with Crippen LogP contribution in [-0.4, -0.2) is 34.1 Å². The molecule has 0 radical (unpaired) electrons. The van der Waals surface area contributed by atoms with E-state index in [9.17, 15) is 10.2 Å². The largest absolute Gasteiger partial charge is 0.390 e. The topological polar surface area (TPSA) is 53.0 Å². The van der Waals surface area contributed by atoms with Crippen LogP contribution >= 0.6 is 0 Å². The van der Waals surface area contributed by atoms with Crippen molar-refractivity contribution in [2.75, 3.05) is 6.61 Å². The summed E-state index contributed by atoms with van der Waals surface area (Å²) >= 11 is 0. The lowest BCUT2D eigenvalue weighted by Gasteiger charge is -2.54. The van der Waals surface area contributed by atoms with E-state index >= 15 is 0 Å². The molecule has 1 spiro atoms. The summed E-state index contributed by atoms with van der Waals surface area (Å²) in [4.78, 5) is 0. The number of aliphatic hydroxyl groups is 2. The number of hydrogen-bond donors (Lipinski definition) is 2. The van der Waals surface area contributed by atoms with Gasteiger partial charge in [-0.15, -0.1) is 0 Å². The first kappa shape index (κ1) is 12.9. The maximum Gasteiger partial charge on any atom is 0.0948 e. The summed E-state index contributed by atoms with van der Waals surface area (Å²) < 4.78 is 5.78. The molecule has 0 amide bonds. The van der Waals surface area contributed by atoms with E-state index in [1.54, 1.807) is 6.92 Å². The van der Waals surface area contributed by atoms with Crippen molar-refractivity contribution in [3.05, 3.63) is 0 Å². The minimum absolute atomic E-state index is 0.0432. The predicted octanol–water partition coefficient (Wildman–Crippen LogP) is 2.10. The molecule has 2 N–H and O–H groups in total. The summed E-state index contributed by atoms with van der Waals surface area (Å²) in [6, 6.07) is 0. The van der Waals surface area contributed by atoms with Gasteiger partial charge in [0, 0.05) is 0 Å². The summed E-state index contributed by atoms with van der Waals surface area (Å²) in [7, 11) is 0. The molecule has 18 heavy (non-hydrogen) atoms. The van der Waals surface area contributed by atoms with Crippen LogP contribution in [0.15, 0.2) is 0 Å². The number of ether oxygens (including phenoxy) is 1. The number of aliphatic hydroxyl groups excluding tert-OH is 1. The molecular weight excluding hydrogens is 228 g/mol. The molecule has 3 heteroatoms. The molecule has 0 bridgehead atoms. The smallest absolute Gasteiger partial charge is 0.0948 e. The van der Waals surface area contributed by atoms with Gasteiger partial charge in [-0.3, -0.25) is 0 Å². The molecule has 0 aromatic rings. The fourth-order valence-electron chi connectivity index (χ4n) is 4.33. The fraction of sp³-hybridized carbons (Fsp3) is 1.00. The zero-order valence-electron chi connectivity index (χ0n) is 11.8. The van der Waals surface area contributed by atoms with E-state index in [1.165, 1.54) is 6.42 Å². The summed E-state index contributed by atoms with van der Waals surface area (Å²) in [6.07, 6.45) is 3.90. The maximum atomic E-state index is 10.4. The third-order valence-electron chi connectivity index (χ3n) is 5.95. The highest BCUT2D eigenvalue weighted by molar-refractivity contribution is 5.11. The molecule has 3 fully saturated rings. The predicted molar refractivity (Wildman–Crippen MR) is 69.2 cm³/mol. The second kappa shape index (κ2) is 3.71. The van der Waals surface area contributed by atoms with Gasteiger partial charge >= 0.3 is 0 Å². The van der Waals surface area contributed by atoms with Crippen molar-refractivity contribution in [2.24, 2.45) is 17.3 Å². The van der Waals surface area contributed by atoms with E-state index in [4.69, 9.17) is 4.74 Å². The summed E-state index contributed by atoms with van der Waals surface area (Å²) in [5.74, 6) is 1.28. The number of rotatable bonds is 0. The third kappa shape index (κ3) is 1.83. The minimum atomic E-state index is -0.934. The van der Waals surface area contributed by atoms with Gasteiger partial charge in [-0.1, -0.05) is 13.8 Å². The van der Waals surface area contributed by atoms with Gasteiger partial charge in [0.25, 0.3) is 0 Å². The van der Waals surface area contributed by atoms with Crippen molar-refractivity contribution in [3.8, 4) is 0 Å². The summed E-state index contributed by atoms with van der Waals surface area (Å²) in [5, 5.41) is 20.5. The van der Waals surface area contributed by atoms with E-state index in [0.717, 1.165) is 19.4 Å². The van der Waals surface area contributed by atoms with Crippen molar-refractivity contribution >= 4 is 0 Å². The highest BCUT2D eigenvalue weighted by Gasteiger charge is 2.63. The number of fused-ring (bicyclic) bond motifs is 2. The molecule has 3 rings (SSSR count). The van der Waals surface area contributed by atoms with E-state index in [-0.39, 0.29) is 5.60 Å². The molecule has 2 saturated carbocycles. The van der Waals surface area contributed by atoms with Crippen LogP contribution in [0.3, 0.4) is 0 Å². The van der Waals surface area contributed by atoms with Crippen molar-refractivity contribution in [1.29, 1.82) is 0 Å². The van der Waals surface area contributed by atoms with Crippen LogP contribution in [0.4, 0.5) is 0 Å². The van der Waals surface area contributed by atoms with Crippen LogP contribution in [0.1, 0.15) is 52.9 Å². The summed E-state index contributed by atoms with van der Waals surface area (Å²) in [6.45, 7) is 7.30. The van der Waals surface area contributed by atoms with Gasteiger partial charge in [0.1, 0.15) is 0 Å². The quantitative estimate of drug-likeness (QED) is 0.651. The Labute approximate surface area is 110 Å². The van der Waals surface area contributed by atoms with Crippen molar-refractivity contribution < 1.29 is 14.9 Å². The Balaban J connectivity index is 1.83. The maximum absolute atomic E-state index is 10.4. The minimum Gasteiger partial charge on any atom is -0.390 e. The highest BCUT2D eigenvalue weighted by atomic mass is 16.6. The van der Waals surface area contributed by atoms with Gasteiger partial charge in [0.15, 0.2) is 0 Å². The Kier molecular flexibility index (Phi) is 2.66. The lowest BCUT2D eigenvalue weighted by Crippen LogP contribution is -2.51. The van der Waals surface area contributed by atoms with Crippen LogP contribution in [-0.2, 0) is 4.74 Å². The van der Waals surface area contributed by atoms with Crippen LogP contribution in [0.25, 0.3) is 0 Å². The molecule has 0 aromatic carbocycles. The molecule has 5 unspecified atom stereocenters. The third-order valence-corrected chi connectivity index (χ3v) is 5.95. The molecule has 1 saturated heterocycles. The SMILES string of the molecule is CC1(C)CC2C1CCC(C)(O)C(O)CCC21CO1. The lowest BCUT2D eigenvalue weighted by atomic mass is 9.50. The lowest BCUT2D eigenvalue weighted by molar-refractivity contribution is -0.0853. The second-order valence-corrected chi connectivity index (χ2v) is 7.71. The van der Waals surface area contributed by atoms with E-state index in [1.807, 2.05) is 0 Å². The molecule has 2 aliphatic carbocycles. The molecule has 3 nitrogen and oxygen atoms in total. The Hall–Kier alpha value is -0.120. The Morgan fingerprint density at radius 2 is 1.72 bits per heavy atom. The second-order valence-electron chi connectivity index (χ2n) is 7.71. The molecule has 1 heterocycles. The van der Waals surface area contributed by atoms with E-state index in [0.29, 0.717) is 30.1 Å². The van der Waals surface area contributed by atoms with Gasteiger partial charge < -0.3 is 14.9 Å². The number of epoxide rings is 1. The first-order valence-electron chi connectivity index (χ1n) is 7.31. The molecule has 0 aromatic heterocycles. The van der Waals surface area contributed by atoms with Gasteiger partial charge in [0.05, 0.1) is 23.9 Å². The number of hydrogen-bond acceptors (Lipinski definition) is 3. The molecule has 1 aliphatic heterocycles. The monoisotopic (exact) mass is 254 g/mol. The first-order chi connectivity index (χ1) is 8.27. The van der Waals surface area contributed by atoms with Gasteiger partial charge in [0.2, 0.25) is 0 Å². The fourth-order valence-corrected chi connectivity index (χ4v) is 4.33. The first-order valence-corrected chi connectivity index (χ1v) is 7.31. The average molecular weight is 254 g/mol. The zero-order chi connectivity index (χ0) is 13.2. The Morgan fingerprint density at radius 3 is 2.28 bits per heavy atom. The Bertz CT molecular complexity index is 344. The van der Waals surface area contributed by atoms with Gasteiger partial charge in [-0.2, -0.15) is 0 Å². The van der Waals surface area contributed by atoms with Crippen LogP contribution < -0.4 is 0 Å². The van der Waals surface area contributed by atoms with Gasteiger partial charge in [-0.25, -0.2) is 0 Å². The van der Waals surface area contributed by atoms with Crippen molar-refractivity contribution in [2.45, 2.75) is 70.2 Å². The van der Waals surface area contributed by atoms with E-state index < -0.39 is 11.7 Å². The van der Waals surface area contributed by atoms with Crippen molar-refractivity contribution in [1.82, 2.24) is 0 Å². The molecule has 5 atom stereocenters. The highest BCUT2D eigenvalue weighted by Crippen LogP contribution is 2.62. The van der Waals surface area contributed by atoms with Crippen LogP contribution in [0.5, 0.6) is 0 Å². The van der Waals surface area contributed by atoms with Gasteiger partial charge in [-0.05, 0) is 56.3 Å². The summed E-state index contributed by atoms with van der Waals surface area (Å²) in [5.41, 5.74) is -0.521. The normalized spacial score (nSPS) is 54.8. The molecule has 104 valence electrons. The van der Waals surface area contributed by atoms with E-state index in [2.05, 4.69) is 13.8 Å². The van der Waals surface area contributed by atoms with Crippen LogP contribution in [0.2, 0.25) is 0 Å². The molecular formula is C15H26O3. The zero-order valence-corrected chi connectivity index (χ0v) is 11.8.